The number of nitrogens with two attached hydrogens (primary N) is 1. The maximum absolute atomic E-state index is 13.6. The molecule has 5 heterocycles. The second-order valence-electron chi connectivity index (χ2n) is 17.3. The molecule has 15 nitrogen and oxygen atoms in total. The molecule has 0 spiro atoms. The third kappa shape index (κ3) is 6.92. The number of likely N-dealkylation sites (tertiary alicyclic amines) is 1. The number of piperazine rings is 1. The van der Waals surface area contributed by atoms with Gasteiger partial charge in [-0.15, -0.1) is 10.2 Å². The van der Waals surface area contributed by atoms with Gasteiger partial charge in [-0.3, -0.25) is 39.1 Å². The molecule has 3 saturated carbocycles. The Hall–Kier alpha value is -5.57. The lowest BCUT2D eigenvalue weighted by Gasteiger charge is -2.69. The predicted molar refractivity (Wildman–Crippen MR) is 213 cm³/mol. The van der Waals surface area contributed by atoms with Crippen LogP contribution in [0.2, 0.25) is 0 Å². The number of hydrogen-bond acceptors (Lipinski definition) is 12. The summed E-state index contributed by atoms with van der Waals surface area (Å²) in [5.74, 6) is -0.239. The van der Waals surface area contributed by atoms with Crippen LogP contribution in [0.5, 0.6) is 11.5 Å². The van der Waals surface area contributed by atoms with Crippen molar-refractivity contribution in [3.63, 3.8) is 0 Å². The zero-order valence-electron chi connectivity index (χ0n) is 32.7. The van der Waals surface area contributed by atoms with Gasteiger partial charge in [0.1, 0.15) is 17.5 Å². The quantitative estimate of drug-likeness (QED) is 0.179. The van der Waals surface area contributed by atoms with Crippen LogP contribution in [0.15, 0.2) is 48.5 Å². The minimum Gasteiger partial charge on any atom is -0.507 e. The molecule has 10 rings (SSSR count). The molecule has 304 valence electrons. The zero-order valence-corrected chi connectivity index (χ0v) is 32.7. The molecule has 2 bridgehead atoms. The average Bonchev–Trinajstić information content (AvgIpc) is 3.44. The largest absolute Gasteiger partial charge is 0.507 e. The number of unbranched alkanes of at least 4 members (excludes halogenated alkanes) is 1. The van der Waals surface area contributed by atoms with Crippen molar-refractivity contribution in [2.24, 2.45) is 16.7 Å². The van der Waals surface area contributed by atoms with Crippen LogP contribution in [0.3, 0.4) is 0 Å². The smallest absolute Gasteiger partial charge is 0.262 e. The molecule has 1 unspecified atom stereocenters. The van der Waals surface area contributed by atoms with Gasteiger partial charge in [0.2, 0.25) is 17.7 Å². The maximum Gasteiger partial charge on any atom is 0.262 e. The van der Waals surface area contributed by atoms with Gasteiger partial charge in [-0.1, -0.05) is 25.0 Å². The lowest BCUT2D eigenvalue weighted by atomic mass is 9.35. The first kappa shape index (κ1) is 38.0. The van der Waals surface area contributed by atoms with Crippen LogP contribution in [-0.2, 0) is 14.4 Å². The van der Waals surface area contributed by atoms with Crippen molar-refractivity contribution in [2.75, 3.05) is 63.1 Å². The maximum atomic E-state index is 13.6. The van der Waals surface area contributed by atoms with Crippen LogP contribution in [-0.4, -0.2) is 118 Å². The number of imide groups is 2. The summed E-state index contributed by atoms with van der Waals surface area (Å²) in [6, 6.07) is 13.0. The average molecular weight is 791 g/mol. The van der Waals surface area contributed by atoms with E-state index in [1.165, 1.54) is 12.8 Å². The van der Waals surface area contributed by atoms with E-state index < -0.39 is 23.8 Å². The molecule has 3 aliphatic carbocycles. The van der Waals surface area contributed by atoms with Gasteiger partial charge in [-0.25, -0.2) is 0 Å². The second-order valence-corrected chi connectivity index (χ2v) is 17.3. The number of carbonyl (C=O) groups is 5. The van der Waals surface area contributed by atoms with Crippen molar-refractivity contribution in [2.45, 2.75) is 70.3 Å². The van der Waals surface area contributed by atoms with Crippen molar-refractivity contribution in [1.29, 1.82) is 0 Å². The Bertz CT molecular complexity index is 2140. The van der Waals surface area contributed by atoms with Crippen molar-refractivity contribution >= 4 is 41.0 Å². The summed E-state index contributed by atoms with van der Waals surface area (Å²) in [6.07, 6.45) is 8.37. The van der Waals surface area contributed by atoms with Crippen LogP contribution < -0.4 is 20.7 Å². The molecule has 15 heteroatoms. The number of fused-ring (bicyclic) bond motifs is 1. The number of rotatable bonds is 12. The van der Waals surface area contributed by atoms with E-state index in [0.717, 1.165) is 94.9 Å². The Morgan fingerprint density at radius 1 is 0.862 bits per heavy atom. The molecule has 4 aliphatic heterocycles. The Morgan fingerprint density at radius 3 is 2.34 bits per heavy atom. The highest BCUT2D eigenvalue weighted by Crippen LogP contribution is 2.74. The monoisotopic (exact) mass is 790 g/mol. The lowest BCUT2D eigenvalue weighted by molar-refractivity contribution is -0.226. The highest BCUT2D eigenvalue weighted by atomic mass is 16.5. The molecular formula is C43H50N8O7. The second kappa shape index (κ2) is 15.0. The summed E-state index contributed by atoms with van der Waals surface area (Å²) in [5.41, 5.74) is 8.39. The van der Waals surface area contributed by atoms with Gasteiger partial charge >= 0.3 is 0 Å². The number of nitrogens with zero attached hydrogens (tertiary/aromatic N) is 6. The summed E-state index contributed by atoms with van der Waals surface area (Å²) in [4.78, 5) is 71.9. The summed E-state index contributed by atoms with van der Waals surface area (Å²) in [5, 5.41) is 20.6. The third-order valence-corrected chi connectivity index (χ3v) is 13.5. The molecule has 1 aromatic heterocycles. The lowest BCUT2D eigenvalue weighted by Crippen LogP contribution is -2.70. The molecule has 0 radical (unpaired) electrons. The van der Waals surface area contributed by atoms with Gasteiger partial charge in [0.15, 0.2) is 11.6 Å². The van der Waals surface area contributed by atoms with E-state index >= 15 is 0 Å². The Morgan fingerprint density at radius 2 is 1.60 bits per heavy atom. The molecule has 2 aromatic carbocycles. The number of benzene rings is 2. The number of aromatic nitrogens is 2. The minimum absolute atomic E-state index is 0.00150. The summed E-state index contributed by atoms with van der Waals surface area (Å²) >= 11 is 0. The molecular weight excluding hydrogens is 741 g/mol. The van der Waals surface area contributed by atoms with E-state index in [4.69, 9.17) is 10.5 Å². The first-order valence-electron chi connectivity index (χ1n) is 20.7. The van der Waals surface area contributed by atoms with Crippen molar-refractivity contribution in [3.05, 3.63) is 59.7 Å². The molecule has 4 N–H and O–H groups in total. The van der Waals surface area contributed by atoms with Gasteiger partial charge in [-0.2, -0.15) is 0 Å². The zero-order chi connectivity index (χ0) is 40.2. The first-order valence-corrected chi connectivity index (χ1v) is 20.7. The number of para-hydroxylation sites is 1. The number of carbonyl (C=O) groups excluding carboxylic acids is 5. The first-order chi connectivity index (χ1) is 28.0. The Labute approximate surface area is 336 Å². The number of ether oxygens (including phenoxy) is 1. The summed E-state index contributed by atoms with van der Waals surface area (Å²) in [6.45, 7) is 6.65. The SMILES string of the molecule is Nc1nnc(-c2ccccc2O)cc1OCC12CC(C(=O)N3CCC(CCCCN4CCN(c5ccc6c(c5)C(=O)N(C5CCC(=O)NC5=O)C6=O)CC4)CC3)(C1)C2. The Kier molecular flexibility index (Phi) is 9.81. The number of piperidine rings is 2. The number of amides is 5. The van der Waals surface area contributed by atoms with E-state index in [-0.39, 0.29) is 41.1 Å². The number of aromatic hydroxyl groups is 1. The molecule has 5 amide bonds. The standard InChI is InChI=1S/C43H50N8O7/c44-37-35(22-32(46-47-37)30-6-1-2-7-34(30)52)58-26-42-23-43(24-42,25-42)41(57)50-15-12-27(13-16-50)5-3-4-14-48-17-19-49(20-18-48)28-8-9-29-31(21-28)40(56)51(39(29)55)33-10-11-36(53)45-38(33)54/h1-2,6-9,21-22,27,33,52H,3-5,10-20,23-26H2,(H2,44,47)(H,45,53,54). The third-order valence-electron chi connectivity index (χ3n) is 13.5. The normalized spacial score (nSPS) is 25.9. The fourth-order valence-corrected chi connectivity index (χ4v) is 10.3. The van der Waals surface area contributed by atoms with E-state index in [9.17, 15) is 29.1 Å². The van der Waals surface area contributed by atoms with E-state index in [2.05, 4.69) is 30.2 Å². The van der Waals surface area contributed by atoms with Gasteiger partial charge in [0.05, 0.1) is 23.1 Å². The van der Waals surface area contributed by atoms with Gasteiger partial charge in [0.25, 0.3) is 11.8 Å². The van der Waals surface area contributed by atoms with Crippen molar-refractivity contribution in [1.82, 2.24) is 30.2 Å². The minimum atomic E-state index is -0.967. The van der Waals surface area contributed by atoms with Crippen LogP contribution in [0.1, 0.15) is 84.9 Å². The van der Waals surface area contributed by atoms with Gasteiger partial charge in [-0.05, 0) is 87.7 Å². The van der Waals surface area contributed by atoms with Gasteiger partial charge < -0.3 is 25.4 Å². The van der Waals surface area contributed by atoms with E-state index in [1.807, 2.05) is 12.1 Å². The topological polar surface area (TPSA) is 192 Å². The van der Waals surface area contributed by atoms with Crippen molar-refractivity contribution in [3.8, 4) is 22.8 Å². The van der Waals surface area contributed by atoms with Crippen LogP contribution >= 0.6 is 0 Å². The van der Waals surface area contributed by atoms with E-state index in [1.54, 1.807) is 36.4 Å². The fraction of sp³-hybridized carbons (Fsp3) is 0.512. The van der Waals surface area contributed by atoms with Crippen LogP contribution in [0.25, 0.3) is 11.3 Å². The molecule has 1 atom stereocenters. The predicted octanol–water partition coefficient (Wildman–Crippen LogP) is 3.61. The Balaban J connectivity index is 0.667. The molecule has 7 aliphatic rings. The van der Waals surface area contributed by atoms with E-state index in [0.29, 0.717) is 46.6 Å². The number of anilines is 2. The number of phenolic OH excluding ortho intramolecular Hbond substituents is 1. The van der Waals surface area contributed by atoms with Gasteiger partial charge in [0, 0.05) is 68.4 Å². The fourth-order valence-electron chi connectivity index (χ4n) is 10.3. The summed E-state index contributed by atoms with van der Waals surface area (Å²) < 4.78 is 6.14. The van der Waals surface area contributed by atoms with Crippen molar-refractivity contribution < 1.29 is 33.8 Å². The number of hydrogen-bond donors (Lipinski definition) is 3. The van der Waals surface area contributed by atoms with Crippen LogP contribution in [0.4, 0.5) is 11.5 Å². The molecule has 58 heavy (non-hydrogen) atoms. The highest BCUT2D eigenvalue weighted by molar-refractivity contribution is 6.23. The molecule has 3 aromatic rings. The molecule has 3 saturated heterocycles. The highest BCUT2D eigenvalue weighted by Gasteiger charge is 2.72. The number of nitrogen functional groups attached to an aromatic ring is 1. The molecule has 6 fully saturated rings. The summed E-state index contributed by atoms with van der Waals surface area (Å²) in [7, 11) is 0. The number of nitrogens with one attached hydrogen (secondary N) is 1. The number of phenols is 1. The van der Waals surface area contributed by atoms with Crippen LogP contribution in [0, 0.1) is 16.7 Å².